The van der Waals surface area contributed by atoms with E-state index in [0.29, 0.717) is 49.9 Å². The van der Waals surface area contributed by atoms with Crippen molar-refractivity contribution in [2.75, 3.05) is 26.2 Å². The smallest absolute Gasteiger partial charge is 0.193 e. The molecule has 2 bridgehead atoms. The van der Waals surface area contributed by atoms with Crippen LogP contribution in [0.3, 0.4) is 0 Å². The lowest BCUT2D eigenvalue weighted by Gasteiger charge is -2.46. The first-order valence-electron chi connectivity index (χ1n) is 18.5. The van der Waals surface area contributed by atoms with Gasteiger partial charge in [0.1, 0.15) is 0 Å². The summed E-state index contributed by atoms with van der Waals surface area (Å²) in [5.41, 5.74) is 4.81. The number of hydrogen-bond donors (Lipinski definition) is 4. The third-order valence-corrected chi connectivity index (χ3v) is 12.5. The van der Waals surface area contributed by atoms with Crippen molar-refractivity contribution in [1.29, 1.82) is 0 Å². The van der Waals surface area contributed by atoms with Gasteiger partial charge in [0, 0.05) is 41.1 Å². The molecule has 270 valence electrons. The molecule has 4 N–H and O–H groups in total. The van der Waals surface area contributed by atoms with Gasteiger partial charge >= 0.3 is 0 Å². The Morgan fingerprint density at radius 3 is 2.47 bits per heavy atom. The summed E-state index contributed by atoms with van der Waals surface area (Å²) >= 11 is 1.70. The van der Waals surface area contributed by atoms with Gasteiger partial charge in [-0.3, -0.25) is 9.69 Å². The van der Waals surface area contributed by atoms with Gasteiger partial charge in [-0.15, -0.1) is 11.3 Å². The van der Waals surface area contributed by atoms with E-state index in [4.69, 9.17) is 0 Å². The first kappa shape index (κ1) is 37.3. The molecular weight excluding hydrogens is 655 g/mol. The average Bonchev–Trinajstić information content (AvgIpc) is 3.75. The molecule has 0 saturated heterocycles. The van der Waals surface area contributed by atoms with Crippen LogP contribution in [-0.2, 0) is 12.8 Å². The lowest BCUT2D eigenvalue weighted by Crippen LogP contribution is -2.54. The van der Waals surface area contributed by atoms with Crippen molar-refractivity contribution in [2.24, 2.45) is 5.41 Å². The Bertz CT molecular complexity index is 1770. The fourth-order valence-corrected chi connectivity index (χ4v) is 9.18. The molecule has 1 fully saturated rings. The van der Waals surface area contributed by atoms with Crippen molar-refractivity contribution >= 4 is 17.1 Å². The van der Waals surface area contributed by atoms with E-state index in [1.54, 1.807) is 11.3 Å². The van der Waals surface area contributed by atoms with Gasteiger partial charge in [0.2, 0.25) is 0 Å². The van der Waals surface area contributed by atoms with Crippen molar-refractivity contribution in [2.45, 2.75) is 88.9 Å². The second-order valence-electron chi connectivity index (χ2n) is 15.1. The minimum Gasteiger partial charge on any atom is -0.394 e. The van der Waals surface area contributed by atoms with Crippen LogP contribution in [0.1, 0.15) is 90.2 Å². The van der Waals surface area contributed by atoms with Crippen molar-refractivity contribution in [3.63, 3.8) is 0 Å². The third kappa shape index (κ3) is 8.62. The molecule has 1 aromatic heterocycles. The van der Waals surface area contributed by atoms with Crippen LogP contribution in [0.4, 0.5) is 0 Å². The van der Waals surface area contributed by atoms with Gasteiger partial charge in [-0.25, -0.2) is 0 Å². The Kier molecular flexibility index (Phi) is 12.1. The zero-order valence-electron chi connectivity index (χ0n) is 30.0. The van der Waals surface area contributed by atoms with E-state index < -0.39 is 23.2 Å². The van der Waals surface area contributed by atoms with Crippen molar-refractivity contribution in [1.82, 2.24) is 4.90 Å². The SMILES string of the molecule is CC1=CCC[C@@]2(C)[C@@H](CC[C@@]2(O)CN(CCc2cccs2)C[C@H](O)CO)c2ccc(cc2C(=O)c2ccc(-c3ccccc3)cc2)C[C@@H](O)CC1. The summed E-state index contributed by atoms with van der Waals surface area (Å²) in [4.78, 5) is 17.9. The molecule has 3 aliphatic carbocycles. The maximum atomic E-state index is 14.6. The van der Waals surface area contributed by atoms with Crippen LogP contribution in [0.25, 0.3) is 11.1 Å². The zero-order chi connectivity index (χ0) is 36.0. The van der Waals surface area contributed by atoms with Crippen LogP contribution in [0, 0.1) is 5.41 Å². The fourth-order valence-electron chi connectivity index (χ4n) is 8.48. The van der Waals surface area contributed by atoms with Gasteiger partial charge in [0.25, 0.3) is 0 Å². The largest absolute Gasteiger partial charge is 0.394 e. The molecule has 0 unspecified atom stereocenters. The number of aliphatic hydroxyl groups excluding tert-OH is 3. The molecule has 3 aromatic carbocycles. The second kappa shape index (κ2) is 16.5. The molecule has 0 radical (unpaired) electrons. The normalized spacial score (nSPS) is 24.6. The predicted molar refractivity (Wildman–Crippen MR) is 206 cm³/mol. The quantitative estimate of drug-likeness (QED) is 0.0948. The van der Waals surface area contributed by atoms with Crippen LogP contribution in [0.15, 0.2) is 102 Å². The Morgan fingerprint density at radius 2 is 1.75 bits per heavy atom. The van der Waals surface area contributed by atoms with Gasteiger partial charge in [-0.05, 0) is 104 Å². The molecule has 5 atom stereocenters. The lowest BCUT2D eigenvalue weighted by atomic mass is 9.64. The number of aliphatic hydroxyl groups is 4. The molecule has 1 saturated carbocycles. The first-order valence-corrected chi connectivity index (χ1v) is 19.4. The number of carbonyl (C=O) groups is 1. The molecule has 6 nitrogen and oxygen atoms in total. The Labute approximate surface area is 307 Å². The molecule has 0 spiro atoms. The van der Waals surface area contributed by atoms with E-state index >= 15 is 0 Å². The first-order chi connectivity index (χ1) is 24.6. The Balaban J connectivity index is 1.38. The fraction of sp³-hybridized carbons (Fsp3) is 0.432. The number of benzene rings is 3. The van der Waals surface area contributed by atoms with Crippen molar-refractivity contribution in [3.05, 3.63) is 129 Å². The van der Waals surface area contributed by atoms with Crippen LogP contribution >= 0.6 is 11.3 Å². The number of fused-ring (bicyclic) bond motifs is 8. The number of thiophene rings is 1. The molecule has 1 heterocycles. The standard InChI is InChI=1S/C44H53NO5S/c1-31-8-6-22-43(2)41(20-23-44(43,50)30-45(28-37(48)29-46)24-21-38-11-7-25-51-38)39-19-13-32(26-36(47)18-12-31)27-40(39)42(49)35-16-14-34(15-17-35)33-9-4-3-5-10-33/h3-5,7-11,13-17,19,25,27,36-37,41,46-48,50H,6,12,18,20-24,26,28-30H2,1-2H3/t36-,37-,41-,43-,44+/m0/s1. The number of hydrogen-bond acceptors (Lipinski definition) is 7. The summed E-state index contributed by atoms with van der Waals surface area (Å²) < 4.78 is 0. The summed E-state index contributed by atoms with van der Waals surface area (Å²) in [6.45, 7) is 5.26. The highest BCUT2D eigenvalue weighted by Gasteiger charge is 2.57. The number of ketones is 1. The van der Waals surface area contributed by atoms with E-state index in [1.807, 2.05) is 54.6 Å². The Hall–Kier alpha value is -3.43. The van der Waals surface area contributed by atoms with E-state index in [1.165, 1.54) is 10.5 Å². The summed E-state index contributed by atoms with van der Waals surface area (Å²) in [6.07, 6.45) is 6.30. The number of carbonyl (C=O) groups excluding carboxylic acids is 1. The predicted octanol–water partition coefficient (Wildman–Crippen LogP) is 7.58. The van der Waals surface area contributed by atoms with E-state index in [9.17, 15) is 25.2 Å². The van der Waals surface area contributed by atoms with Gasteiger partial charge in [-0.2, -0.15) is 0 Å². The maximum Gasteiger partial charge on any atom is 0.193 e. The molecule has 51 heavy (non-hydrogen) atoms. The zero-order valence-corrected chi connectivity index (χ0v) is 30.8. The highest BCUT2D eigenvalue weighted by Crippen LogP contribution is 2.59. The van der Waals surface area contributed by atoms with E-state index in [0.717, 1.165) is 47.9 Å². The van der Waals surface area contributed by atoms with Crippen LogP contribution in [0.5, 0.6) is 0 Å². The highest BCUT2D eigenvalue weighted by atomic mass is 32.1. The minimum absolute atomic E-state index is 0.0507. The summed E-state index contributed by atoms with van der Waals surface area (Å²) in [7, 11) is 0. The molecule has 3 aliphatic rings. The number of rotatable bonds is 11. The van der Waals surface area contributed by atoms with Crippen LogP contribution in [0.2, 0.25) is 0 Å². The molecule has 0 amide bonds. The van der Waals surface area contributed by atoms with Gasteiger partial charge in [0.05, 0.1) is 24.4 Å². The number of allylic oxidation sites excluding steroid dienone is 2. The maximum absolute atomic E-state index is 14.6. The molecular formula is C44H53NO5S. The summed E-state index contributed by atoms with van der Waals surface area (Å²) in [6, 6.07) is 28.2. The topological polar surface area (TPSA) is 101 Å². The van der Waals surface area contributed by atoms with Crippen LogP contribution < -0.4 is 0 Å². The summed E-state index contributed by atoms with van der Waals surface area (Å²) in [5.74, 6) is -0.146. The monoisotopic (exact) mass is 707 g/mol. The van der Waals surface area contributed by atoms with E-state index in [2.05, 4.69) is 60.5 Å². The molecule has 7 heteroatoms. The van der Waals surface area contributed by atoms with Gasteiger partial charge in [-0.1, -0.05) is 91.4 Å². The second-order valence-corrected chi connectivity index (χ2v) is 16.2. The molecule has 4 aromatic rings. The lowest BCUT2D eigenvalue weighted by molar-refractivity contribution is -0.0889. The molecule has 0 aliphatic heterocycles. The average molecular weight is 708 g/mol. The number of nitrogens with zero attached hydrogens (tertiary/aromatic N) is 1. The Morgan fingerprint density at radius 1 is 0.980 bits per heavy atom. The van der Waals surface area contributed by atoms with Gasteiger partial charge in [0.15, 0.2) is 5.78 Å². The van der Waals surface area contributed by atoms with E-state index in [-0.39, 0.29) is 24.9 Å². The van der Waals surface area contributed by atoms with Gasteiger partial charge < -0.3 is 20.4 Å². The highest BCUT2D eigenvalue weighted by molar-refractivity contribution is 7.09. The van der Waals surface area contributed by atoms with Crippen LogP contribution in [-0.4, -0.2) is 75.2 Å². The minimum atomic E-state index is -1.10. The third-order valence-electron chi connectivity index (χ3n) is 11.6. The van der Waals surface area contributed by atoms with Crippen molar-refractivity contribution < 1.29 is 25.2 Å². The van der Waals surface area contributed by atoms with Crippen molar-refractivity contribution in [3.8, 4) is 11.1 Å². The summed E-state index contributed by atoms with van der Waals surface area (Å²) in [5, 5.41) is 46.3. The molecule has 7 rings (SSSR count).